The van der Waals surface area contributed by atoms with Crippen molar-refractivity contribution in [2.45, 2.75) is 25.8 Å². The second-order valence-corrected chi connectivity index (χ2v) is 4.24. The van der Waals surface area contributed by atoms with Gasteiger partial charge in [0.1, 0.15) is 6.04 Å². The van der Waals surface area contributed by atoms with Crippen LogP contribution in [0.15, 0.2) is 30.3 Å². The molecule has 86 valence electrons. The molecule has 0 radical (unpaired) electrons. The first-order valence-electron chi connectivity index (χ1n) is 5.78. The number of carboxylic acids is 1. The molecule has 3 nitrogen and oxygen atoms in total. The quantitative estimate of drug-likeness (QED) is 0.826. The lowest BCUT2D eigenvalue weighted by Gasteiger charge is -2.29. The molecule has 0 amide bonds. The summed E-state index contributed by atoms with van der Waals surface area (Å²) in [5, 5.41) is 9.30. The van der Waals surface area contributed by atoms with E-state index in [0.717, 1.165) is 25.1 Å². The van der Waals surface area contributed by atoms with E-state index in [1.54, 1.807) is 0 Å². The predicted molar refractivity (Wildman–Crippen MR) is 63.6 cm³/mol. The first-order chi connectivity index (χ1) is 7.74. The van der Waals surface area contributed by atoms with Crippen LogP contribution in [0.25, 0.3) is 0 Å². The molecule has 0 saturated heterocycles. The molecule has 0 spiro atoms. The van der Waals surface area contributed by atoms with Crippen LogP contribution in [0.3, 0.4) is 0 Å². The Bertz CT molecular complexity index is 359. The monoisotopic (exact) mass is 219 g/mol. The van der Waals surface area contributed by atoms with Gasteiger partial charge in [-0.3, -0.25) is 0 Å². The third-order valence-corrected chi connectivity index (χ3v) is 3.09. The summed E-state index contributed by atoms with van der Waals surface area (Å²) in [6.07, 6.45) is 2.08. The molecule has 1 fully saturated rings. The summed E-state index contributed by atoms with van der Waals surface area (Å²) in [5.41, 5.74) is 1.00. The summed E-state index contributed by atoms with van der Waals surface area (Å²) in [7, 11) is 0. The highest BCUT2D eigenvalue weighted by Gasteiger charge is 2.39. The van der Waals surface area contributed by atoms with E-state index < -0.39 is 5.97 Å². The minimum Gasteiger partial charge on any atom is -0.480 e. The number of hydrogen-bond donors (Lipinski definition) is 1. The van der Waals surface area contributed by atoms with Crippen LogP contribution in [0.2, 0.25) is 0 Å². The first-order valence-corrected chi connectivity index (χ1v) is 5.78. The summed E-state index contributed by atoms with van der Waals surface area (Å²) in [5.74, 6) is -0.370. The highest BCUT2D eigenvalue weighted by Crippen LogP contribution is 2.37. The number of rotatable bonds is 5. The van der Waals surface area contributed by atoms with Crippen LogP contribution < -0.4 is 4.90 Å². The maximum Gasteiger partial charge on any atom is 0.326 e. The lowest BCUT2D eigenvalue weighted by atomic mass is 10.1. The molecular formula is C13H17NO2. The maximum absolute atomic E-state index is 11.3. The van der Waals surface area contributed by atoms with Crippen LogP contribution in [0.5, 0.6) is 0 Å². The van der Waals surface area contributed by atoms with Gasteiger partial charge >= 0.3 is 5.97 Å². The van der Waals surface area contributed by atoms with E-state index in [1.807, 2.05) is 42.2 Å². The molecule has 0 aromatic heterocycles. The standard InChI is InChI=1S/C13H17NO2/c1-2-14(11-6-4-3-5-7-11)12(13(15)16)10-8-9-10/h3-7,10,12H,2,8-9H2,1H3,(H,15,16). The molecule has 0 heterocycles. The lowest BCUT2D eigenvalue weighted by molar-refractivity contribution is -0.139. The number of para-hydroxylation sites is 1. The first kappa shape index (κ1) is 11.0. The van der Waals surface area contributed by atoms with E-state index in [-0.39, 0.29) is 6.04 Å². The summed E-state index contributed by atoms with van der Waals surface area (Å²) >= 11 is 0. The van der Waals surface area contributed by atoms with E-state index >= 15 is 0 Å². The molecule has 16 heavy (non-hydrogen) atoms. The predicted octanol–water partition coefficient (Wildman–Crippen LogP) is 2.38. The van der Waals surface area contributed by atoms with Gasteiger partial charge in [-0.25, -0.2) is 4.79 Å². The van der Waals surface area contributed by atoms with Gasteiger partial charge < -0.3 is 10.0 Å². The lowest BCUT2D eigenvalue weighted by Crippen LogP contribution is -2.42. The normalized spacial score (nSPS) is 16.8. The van der Waals surface area contributed by atoms with Gasteiger partial charge in [-0.1, -0.05) is 18.2 Å². The van der Waals surface area contributed by atoms with Crippen LogP contribution in [0.1, 0.15) is 19.8 Å². The average Bonchev–Trinajstić information content (AvgIpc) is 3.10. The summed E-state index contributed by atoms with van der Waals surface area (Å²) in [6.45, 7) is 2.74. The zero-order valence-corrected chi connectivity index (χ0v) is 9.47. The molecule has 2 rings (SSSR count). The molecule has 0 aliphatic heterocycles. The van der Waals surface area contributed by atoms with E-state index in [1.165, 1.54) is 0 Å². The van der Waals surface area contributed by atoms with E-state index in [9.17, 15) is 9.90 Å². The molecule has 1 aromatic rings. The van der Waals surface area contributed by atoms with Crippen LogP contribution in [-0.2, 0) is 4.79 Å². The van der Waals surface area contributed by atoms with Gasteiger partial charge in [-0.15, -0.1) is 0 Å². The topological polar surface area (TPSA) is 40.5 Å². The Morgan fingerprint density at radius 3 is 2.50 bits per heavy atom. The van der Waals surface area contributed by atoms with Crippen LogP contribution in [0, 0.1) is 5.92 Å². The van der Waals surface area contributed by atoms with Gasteiger partial charge in [-0.2, -0.15) is 0 Å². The summed E-state index contributed by atoms with van der Waals surface area (Å²) in [4.78, 5) is 13.3. The fourth-order valence-electron chi connectivity index (χ4n) is 2.16. The SMILES string of the molecule is CCN(c1ccccc1)C(C(=O)O)C1CC1. The Morgan fingerprint density at radius 2 is 2.06 bits per heavy atom. The van der Waals surface area contributed by atoms with E-state index in [2.05, 4.69) is 0 Å². The number of benzene rings is 1. The fourth-order valence-corrected chi connectivity index (χ4v) is 2.16. The molecule has 1 N–H and O–H groups in total. The molecule has 1 atom stereocenters. The van der Waals surface area contributed by atoms with Crippen LogP contribution >= 0.6 is 0 Å². The van der Waals surface area contributed by atoms with Gasteiger partial charge in [-0.05, 0) is 37.8 Å². The molecule has 3 heteroatoms. The number of nitrogens with zero attached hydrogens (tertiary/aromatic N) is 1. The Kier molecular flexibility index (Phi) is 3.13. The van der Waals surface area contributed by atoms with Crippen LogP contribution in [0.4, 0.5) is 5.69 Å². The number of carboxylic acid groups (broad SMARTS) is 1. The van der Waals surface area contributed by atoms with Crippen LogP contribution in [-0.4, -0.2) is 23.7 Å². The van der Waals surface area contributed by atoms with E-state index in [0.29, 0.717) is 5.92 Å². The zero-order valence-electron chi connectivity index (χ0n) is 9.47. The number of likely N-dealkylation sites (N-methyl/N-ethyl adjacent to an activating group) is 1. The summed E-state index contributed by atoms with van der Waals surface area (Å²) < 4.78 is 0. The summed E-state index contributed by atoms with van der Waals surface area (Å²) in [6, 6.07) is 9.44. The van der Waals surface area contributed by atoms with Crippen molar-refractivity contribution in [3.8, 4) is 0 Å². The molecule has 1 aromatic carbocycles. The van der Waals surface area contributed by atoms with Crippen molar-refractivity contribution >= 4 is 11.7 Å². The van der Waals surface area contributed by atoms with Crippen molar-refractivity contribution in [3.63, 3.8) is 0 Å². The zero-order chi connectivity index (χ0) is 11.5. The number of aliphatic carboxylic acids is 1. The average molecular weight is 219 g/mol. The largest absolute Gasteiger partial charge is 0.480 e. The fraction of sp³-hybridized carbons (Fsp3) is 0.462. The smallest absolute Gasteiger partial charge is 0.326 e. The second-order valence-electron chi connectivity index (χ2n) is 4.24. The number of hydrogen-bond acceptors (Lipinski definition) is 2. The molecule has 1 aliphatic carbocycles. The van der Waals surface area contributed by atoms with Gasteiger partial charge in [0.2, 0.25) is 0 Å². The number of carbonyl (C=O) groups is 1. The van der Waals surface area contributed by atoms with Crippen molar-refractivity contribution < 1.29 is 9.90 Å². The maximum atomic E-state index is 11.3. The van der Waals surface area contributed by atoms with E-state index in [4.69, 9.17) is 0 Å². The minimum atomic E-state index is -0.701. The molecule has 1 aliphatic rings. The number of anilines is 1. The van der Waals surface area contributed by atoms with Crippen molar-refractivity contribution in [1.82, 2.24) is 0 Å². The Hall–Kier alpha value is -1.51. The highest BCUT2D eigenvalue weighted by atomic mass is 16.4. The third kappa shape index (κ3) is 2.18. The third-order valence-electron chi connectivity index (χ3n) is 3.09. The Morgan fingerprint density at radius 1 is 1.44 bits per heavy atom. The molecular weight excluding hydrogens is 202 g/mol. The van der Waals surface area contributed by atoms with Gasteiger partial charge in [0.15, 0.2) is 0 Å². The van der Waals surface area contributed by atoms with Crippen molar-refractivity contribution in [2.24, 2.45) is 5.92 Å². The van der Waals surface area contributed by atoms with Gasteiger partial charge in [0, 0.05) is 12.2 Å². The van der Waals surface area contributed by atoms with Crippen molar-refractivity contribution in [1.29, 1.82) is 0 Å². The second kappa shape index (κ2) is 4.56. The molecule has 1 saturated carbocycles. The Labute approximate surface area is 95.7 Å². The molecule has 1 unspecified atom stereocenters. The van der Waals surface area contributed by atoms with Gasteiger partial charge in [0.05, 0.1) is 0 Å². The molecule has 0 bridgehead atoms. The van der Waals surface area contributed by atoms with Crippen molar-refractivity contribution in [2.75, 3.05) is 11.4 Å². The highest BCUT2D eigenvalue weighted by molar-refractivity contribution is 5.79. The Balaban J connectivity index is 2.23. The van der Waals surface area contributed by atoms with Crippen molar-refractivity contribution in [3.05, 3.63) is 30.3 Å². The minimum absolute atomic E-state index is 0.331. The van der Waals surface area contributed by atoms with Gasteiger partial charge in [0.25, 0.3) is 0 Å².